The van der Waals surface area contributed by atoms with Crippen LogP contribution in [0.1, 0.15) is 54.7 Å². The van der Waals surface area contributed by atoms with Crippen molar-refractivity contribution in [1.82, 2.24) is 14.8 Å². The Bertz CT molecular complexity index is 1090. The van der Waals surface area contributed by atoms with Crippen molar-refractivity contribution in [3.8, 4) is 5.69 Å². The Morgan fingerprint density at radius 1 is 1.16 bits per heavy atom. The van der Waals surface area contributed by atoms with E-state index in [0.29, 0.717) is 12.3 Å². The van der Waals surface area contributed by atoms with Crippen molar-refractivity contribution in [1.29, 1.82) is 0 Å². The molecule has 1 aromatic heterocycles. The lowest BCUT2D eigenvalue weighted by molar-refractivity contribution is -0.114. The molecule has 1 aliphatic rings. The van der Waals surface area contributed by atoms with E-state index in [9.17, 15) is 9.59 Å². The minimum absolute atomic E-state index is 0.103. The molecule has 1 heterocycles. The highest BCUT2D eigenvalue weighted by molar-refractivity contribution is 9.10. The van der Waals surface area contributed by atoms with Gasteiger partial charge in [0.15, 0.2) is 10.9 Å². The molecule has 8 heteroatoms. The molecule has 3 aromatic rings. The molecular weight excluding hydrogens is 476 g/mol. The predicted octanol–water partition coefficient (Wildman–Crippen LogP) is 5.62. The molecule has 0 saturated heterocycles. The van der Waals surface area contributed by atoms with Gasteiger partial charge in [-0.1, -0.05) is 45.9 Å². The number of nitrogens with zero attached hydrogens (tertiary/aromatic N) is 3. The number of carbonyl (C=O) groups excluding carboxylic acids is 2. The van der Waals surface area contributed by atoms with Gasteiger partial charge in [-0.2, -0.15) is 0 Å². The average Bonchev–Trinajstić information content (AvgIpc) is 3.51. The molecule has 1 fully saturated rings. The average molecular weight is 499 g/mol. The van der Waals surface area contributed by atoms with Crippen LogP contribution < -0.4 is 5.32 Å². The maximum absolute atomic E-state index is 12.4. The Hall–Kier alpha value is -2.45. The molecule has 0 bridgehead atoms. The van der Waals surface area contributed by atoms with Crippen LogP contribution in [0.25, 0.3) is 5.69 Å². The van der Waals surface area contributed by atoms with Crippen LogP contribution in [0.2, 0.25) is 0 Å². The SMILES string of the molecule is CC(=O)Nc1cccc(-n2c(SCCCC(=O)c3ccc(Br)cc3)nnc2C2CC2)c1. The molecule has 1 aliphatic carbocycles. The van der Waals surface area contributed by atoms with Crippen LogP contribution in [0.15, 0.2) is 58.2 Å². The second-order valence-electron chi connectivity index (χ2n) is 7.56. The van der Waals surface area contributed by atoms with Crippen LogP contribution in [0.4, 0.5) is 5.69 Å². The summed E-state index contributed by atoms with van der Waals surface area (Å²) in [4.78, 5) is 23.8. The molecule has 160 valence electrons. The number of thioether (sulfide) groups is 1. The van der Waals surface area contributed by atoms with Gasteiger partial charge >= 0.3 is 0 Å². The lowest BCUT2D eigenvalue weighted by atomic mass is 10.1. The van der Waals surface area contributed by atoms with Crippen LogP contribution in [-0.2, 0) is 4.79 Å². The molecule has 0 atom stereocenters. The Balaban J connectivity index is 1.44. The molecule has 4 rings (SSSR count). The van der Waals surface area contributed by atoms with Gasteiger partial charge in [0.1, 0.15) is 5.82 Å². The van der Waals surface area contributed by atoms with Crippen molar-refractivity contribution in [2.45, 2.75) is 43.7 Å². The largest absolute Gasteiger partial charge is 0.326 e. The van der Waals surface area contributed by atoms with Gasteiger partial charge in [0, 0.05) is 40.7 Å². The molecule has 0 unspecified atom stereocenters. The summed E-state index contributed by atoms with van der Waals surface area (Å²) in [7, 11) is 0. The van der Waals surface area contributed by atoms with Crippen molar-refractivity contribution in [3.05, 3.63) is 64.4 Å². The molecule has 0 spiro atoms. The van der Waals surface area contributed by atoms with Crippen molar-refractivity contribution in [2.24, 2.45) is 0 Å². The van der Waals surface area contributed by atoms with Crippen LogP contribution >= 0.6 is 27.7 Å². The summed E-state index contributed by atoms with van der Waals surface area (Å²) in [5, 5.41) is 12.5. The minimum atomic E-state index is -0.103. The number of hydrogen-bond donors (Lipinski definition) is 1. The Labute approximate surface area is 194 Å². The zero-order chi connectivity index (χ0) is 21.8. The quantitative estimate of drug-likeness (QED) is 0.235. The van der Waals surface area contributed by atoms with E-state index in [4.69, 9.17) is 0 Å². The van der Waals surface area contributed by atoms with E-state index in [1.807, 2.05) is 48.5 Å². The first-order valence-corrected chi connectivity index (χ1v) is 12.0. The van der Waals surface area contributed by atoms with E-state index in [-0.39, 0.29) is 11.7 Å². The van der Waals surface area contributed by atoms with Crippen LogP contribution in [0.3, 0.4) is 0 Å². The maximum atomic E-state index is 12.4. The van der Waals surface area contributed by atoms with Crippen LogP contribution in [0.5, 0.6) is 0 Å². The number of benzene rings is 2. The van der Waals surface area contributed by atoms with Crippen molar-refractivity contribution in [2.75, 3.05) is 11.1 Å². The summed E-state index contributed by atoms with van der Waals surface area (Å²) in [6.07, 6.45) is 3.50. The second kappa shape index (κ2) is 9.78. The fourth-order valence-electron chi connectivity index (χ4n) is 3.33. The van der Waals surface area contributed by atoms with E-state index in [0.717, 1.165) is 57.4 Å². The van der Waals surface area contributed by atoms with Gasteiger partial charge in [-0.3, -0.25) is 14.2 Å². The summed E-state index contributed by atoms with van der Waals surface area (Å²) >= 11 is 5.00. The normalized spacial score (nSPS) is 13.2. The highest BCUT2D eigenvalue weighted by atomic mass is 79.9. The summed E-state index contributed by atoms with van der Waals surface area (Å²) in [5.74, 6) is 2.22. The van der Waals surface area contributed by atoms with Crippen molar-refractivity contribution < 1.29 is 9.59 Å². The van der Waals surface area contributed by atoms with Gasteiger partial charge in [-0.05, 0) is 49.6 Å². The lowest BCUT2D eigenvalue weighted by Crippen LogP contribution is -2.07. The molecule has 6 nitrogen and oxygen atoms in total. The first-order chi connectivity index (χ1) is 15.0. The van der Waals surface area contributed by atoms with Gasteiger partial charge in [-0.25, -0.2) is 0 Å². The van der Waals surface area contributed by atoms with Crippen LogP contribution in [-0.4, -0.2) is 32.2 Å². The van der Waals surface area contributed by atoms with Gasteiger partial charge < -0.3 is 5.32 Å². The number of halogens is 1. The number of nitrogens with one attached hydrogen (secondary N) is 1. The molecule has 2 aromatic carbocycles. The monoisotopic (exact) mass is 498 g/mol. The predicted molar refractivity (Wildman–Crippen MR) is 126 cm³/mol. The molecule has 1 saturated carbocycles. The summed E-state index contributed by atoms with van der Waals surface area (Å²) in [6, 6.07) is 15.2. The third-order valence-corrected chi connectivity index (χ3v) is 6.52. The third-order valence-electron chi connectivity index (χ3n) is 4.97. The number of rotatable bonds is 9. The first kappa shape index (κ1) is 21.8. The lowest BCUT2D eigenvalue weighted by Gasteiger charge is -2.11. The van der Waals surface area contributed by atoms with E-state index in [1.165, 1.54) is 6.92 Å². The smallest absolute Gasteiger partial charge is 0.221 e. The van der Waals surface area contributed by atoms with E-state index in [1.54, 1.807) is 11.8 Å². The fourth-order valence-corrected chi connectivity index (χ4v) is 4.49. The Kier molecular flexibility index (Phi) is 6.87. The van der Waals surface area contributed by atoms with Gasteiger partial charge in [-0.15, -0.1) is 10.2 Å². The number of anilines is 1. The molecule has 0 aliphatic heterocycles. The first-order valence-electron chi connectivity index (χ1n) is 10.3. The Morgan fingerprint density at radius 3 is 2.65 bits per heavy atom. The Morgan fingerprint density at radius 2 is 1.94 bits per heavy atom. The maximum Gasteiger partial charge on any atom is 0.221 e. The van der Waals surface area contributed by atoms with Gasteiger partial charge in [0.2, 0.25) is 5.91 Å². The zero-order valence-electron chi connectivity index (χ0n) is 17.2. The van der Waals surface area contributed by atoms with Crippen molar-refractivity contribution >= 4 is 45.1 Å². The number of amides is 1. The number of Topliss-reactive ketones (excluding diaryl/α,β-unsaturated/α-hetero) is 1. The fraction of sp³-hybridized carbons (Fsp3) is 0.304. The molecule has 0 radical (unpaired) electrons. The van der Waals surface area contributed by atoms with E-state index in [2.05, 4.69) is 36.0 Å². The molecule has 1 N–H and O–H groups in total. The molecular formula is C23H23BrN4O2S. The van der Waals surface area contributed by atoms with Crippen molar-refractivity contribution in [3.63, 3.8) is 0 Å². The van der Waals surface area contributed by atoms with Gasteiger partial charge in [0.25, 0.3) is 0 Å². The number of aromatic nitrogens is 3. The zero-order valence-corrected chi connectivity index (χ0v) is 19.6. The number of hydrogen-bond acceptors (Lipinski definition) is 5. The minimum Gasteiger partial charge on any atom is -0.326 e. The standard InChI is InChI=1S/C23H23BrN4O2S/c1-15(29)25-19-4-2-5-20(14-19)28-22(17-7-8-17)26-27-23(28)31-13-3-6-21(30)16-9-11-18(24)12-10-16/h2,4-5,9-12,14,17H,3,6-8,13H2,1H3,(H,25,29). The van der Waals surface area contributed by atoms with Gasteiger partial charge in [0.05, 0.1) is 5.69 Å². The highest BCUT2D eigenvalue weighted by Crippen LogP contribution is 2.41. The number of ketones is 1. The number of carbonyl (C=O) groups is 2. The highest BCUT2D eigenvalue weighted by Gasteiger charge is 2.31. The molecule has 31 heavy (non-hydrogen) atoms. The third kappa shape index (κ3) is 5.62. The molecule has 1 amide bonds. The van der Waals surface area contributed by atoms with Crippen LogP contribution in [0, 0.1) is 0 Å². The summed E-state index contributed by atoms with van der Waals surface area (Å²) in [5.41, 5.74) is 2.42. The van der Waals surface area contributed by atoms with E-state index >= 15 is 0 Å². The summed E-state index contributed by atoms with van der Waals surface area (Å²) in [6.45, 7) is 1.50. The summed E-state index contributed by atoms with van der Waals surface area (Å²) < 4.78 is 3.05. The van der Waals surface area contributed by atoms with E-state index < -0.39 is 0 Å². The topological polar surface area (TPSA) is 76.9 Å². The second-order valence-corrected chi connectivity index (χ2v) is 9.54.